The number of carboxylic acid groups (broad SMARTS) is 2. The van der Waals surface area contributed by atoms with Crippen LogP contribution in [-0.4, -0.2) is 41.0 Å². The molecule has 0 spiro atoms. The third kappa shape index (κ3) is 5.01. The van der Waals surface area contributed by atoms with E-state index in [4.69, 9.17) is 10.2 Å². The Balaban J connectivity index is 4.14. The molecule has 0 atom stereocenters. The number of hydrogen-bond donors (Lipinski definition) is 2. The summed E-state index contributed by atoms with van der Waals surface area (Å²) in [6.07, 6.45) is -7.23. The van der Waals surface area contributed by atoms with Crippen LogP contribution in [0.1, 0.15) is 0 Å². The SMILES string of the molecule is O=C(O)C(OCC(F)(F)F)C(=O)O. The van der Waals surface area contributed by atoms with Gasteiger partial charge in [0.1, 0.15) is 6.61 Å². The predicted octanol–water partition coefficient (Wildman–Crippen LogP) is 0.103. The van der Waals surface area contributed by atoms with E-state index in [1.54, 1.807) is 0 Å². The molecule has 2 N–H and O–H groups in total. The Kier molecular flexibility index (Phi) is 3.67. The van der Waals surface area contributed by atoms with Crippen molar-refractivity contribution in [3.63, 3.8) is 0 Å². The summed E-state index contributed by atoms with van der Waals surface area (Å²) in [6, 6.07) is 0. The van der Waals surface area contributed by atoms with Crippen LogP contribution in [0.4, 0.5) is 13.2 Å². The smallest absolute Gasteiger partial charge is 0.411 e. The molecule has 0 aliphatic heterocycles. The molecule has 0 rings (SSSR count). The number of rotatable bonds is 4. The molecule has 0 saturated heterocycles. The monoisotopic (exact) mass is 202 g/mol. The van der Waals surface area contributed by atoms with Gasteiger partial charge in [-0.3, -0.25) is 0 Å². The molecule has 0 aromatic rings. The van der Waals surface area contributed by atoms with Crippen LogP contribution in [0, 0.1) is 0 Å². The fraction of sp³-hybridized carbons (Fsp3) is 0.600. The lowest BCUT2D eigenvalue weighted by atomic mass is 10.4. The highest BCUT2D eigenvalue weighted by Gasteiger charge is 2.34. The summed E-state index contributed by atoms with van der Waals surface area (Å²) in [6.45, 7) is -1.91. The normalized spacial score (nSPS) is 11.7. The quantitative estimate of drug-likeness (QED) is 0.631. The molecule has 76 valence electrons. The number of halogens is 3. The summed E-state index contributed by atoms with van der Waals surface area (Å²) in [5, 5.41) is 16.1. The van der Waals surface area contributed by atoms with Gasteiger partial charge in [-0.1, -0.05) is 0 Å². The minimum absolute atomic E-state index is 1.91. The molecule has 0 unspecified atom stereocenters. The van der Waals surface area contributed by atoms with Gasteiger partial charge in [-0.25, -0.2) is 9.59 Å². The molecule has 13 heavy (non-hydrogen) atoms. The van der Waals surface area contributed by atoms with Crippen LogP contribution in [0.25, 0.3) is 0 Å². The van der Waals surface area contributed by atoms with Crippen LogP contribution < -0.4 is 0 Å². The maximum Gasteiger partial charge on any atom is 0.411 e. The van der Waals surface area contributed by atoms with E-state index in [1.165, 1.54) is 0 Å². The maximum absolute atomic E-state index is 11.4. The zero-order valence-electron chi connectivity index (χ0n) is 6.04. The van der Waals surface area contributed by atoms with Crippen LogP contribution in [0.15, 0.2) is 0 Å². The highest BCUT2D eigenvalue weighted by molar-refractivity contribution is 5.95. The van der Waals surface area contributed by atoms with Crippen LogP contribution in [0.2, 0.25) is 0 Å². The highest BCUT2D eigenvalue weighted by Crippen LogP contribution is 2.15. The summed E-state index contributed by atoms with van der Waals surface area (Å²) < 4.78 is 37.9. The Hall–Kier alpha value is -1.31. The number of ether oxygens (including phenoxy) is 1. The first-order valence-electron chi connectivity index (χ1n) is 2.88. The standard InChI is InChI=1S/C5H5F3O5/c6-5(7,8)1-13-2(3(9)10)4(11)12/h2H,1H2,(H,9,10)(H,11,12). The van der Waals surface area contributed by atoms with Crippen LogP contribution >= 0.6 is 0 Å². The van der Waals surface area contributed by atoms with Gasteiger partial charge in [0, 0.05) is 0 Å². The highest BCUT2D eigenvalue weighted by atomic mass is 19.4. The van der Waals surface area contributed by atoms with Crippen molar-refractivity contribution in [1.29, 1.82) is 0 Å². The molecule has 0 amide bonds. The van der Waals surface area contributed by atoms with Gasteiger partial charge in [-0.05, 0) is 0 Å². The molecule has 0 aromatic carbocycles. The van der Waals surface area contributed by atoms with E-state index in [2.05, 4.69) is 4.74 Å². The van der Waals surface area contributed by atoms with Gasteiger partial charge in [0.2, 0.25) is 0 Å². The average molecular weight is 202 g/mol. The lowest BCUT2D eigenvalue weighted by molar-refractivity contribution is -0.198. The van der Waals surface area contributed by atoms with E-state index in [1.807, 2.05) is 0 Å². The largest absolute Gasteiger partial charge is 0.479 e. The van der Waals surface area contributed by atoms with Crippen LogP contribution in [0.5, 0.6) is 0 Å². The van der Waals surface area contributed by atoms with E-state index in [0.29, 0.717) is 0 Å². The lowest BCUT2D eigenvalue weighted by Gasteiger charge is -2.10. The second-order valence-electron chi connectivity index (χ2n) is 1.98. The number of aliphatic carboxylic acids is 2. The molecule has 0 saturated carbocycles. The van der Waals surface area contributed by atoms with Gasteiger partial charge in [0.15, 0.2) is 0 Å². The summed E-state index contributed by atoms with van der Waals surface area (Å²) in [5.41, 5.74) is 0. The molecular formula is C5H5F3O5. The molecule has 8 heteroatoms. The average Bonchev–Trinajstić information content (AvgIpc) is 1.82. The number of carboxylic acids is 2. The van der Waals surface area contributed by atoms with Crippen LogP contribution in [-0.2, 0) is 14.3 Å². The van der Waals surface area contributed by atoms with Gasteiger partial charge in [0.25, 0.3) is 6.10 Å². The van der Waals surface area contributed by atoms with E-state index in [-0.39, 0.29) is 0 Å². The van der Waals surface area contributed by atoms with E-state index in [0.717, 1.165) is 0 Å². The van der Waals surface area contributed by atoms with E-state index >= 15 is 0 Å². The van der Waals surface area contributed by atoms with Crippen molar-refractivity contribution < 1.29 is 37.7 Å². The fourth-order valence-electron chi connectivity index (χ4n) is 0.426. The first kappa shape index (κ1) is 11.7. The Morgan fingerprint density at radius 3 is 1.85 bits per heavy atom. The first-order chi connectivity index (χ1) is 5.74. The Morgan fingerprint density at radius 1 is 1.23 bits per heavy atom. The Labute approximate surface area is 69.7 Å². The molecule has 0 heterocycles. The molecule has 0 aliphatic rings. The minimum Gasteiger partial charge on any atom is -0.479 e. The third-order valence-corrected chi connectivity index (χ3v) is 0.862. The molecule has 0 bridgehead atoms. The number of alkyl halides is 3. The first-order valence-corrected chi connectivity index (χ1v) is 2.88. The third-order valence-electron chi connectivity index (χ3n) is 0.862. The zero-order valence-corrected chi connectivity index (χ0v) is 6.04. The van der Waals surface area contributed by atoms with Crippen molar-refractivity contribution in [2.24, 2.45) is 0 Å². The summed E-state index contributed by atoms with van der Waals surface area (Å²) in [7, 11) is 0. The van der Waals surface area contributed by atoms with Crippen molar-refractivity contribution in [3.05, 3.63) is 0 Å². The van der Waals surface area contributed by atoms with Gasteiger partial charge < -0.3 is 14.9 Å². The van der Waals surface area contributed by atoms with Gasteiger partial charge in [-0.15, -0.1) is 0 Å². The molecule has 5 nitrogen and oxygen atoms in total. The summed E-state index contributed by atoms with van der Waals surface area (Å²) >= 11 is 0. The van der Waals surface area contributed by atoms with Crippen molar-refractivity contribution >= 4 is 11.9 Å². The minimum atomic E-state index is -4.75. The van der Waals surface area contributed by atoms with Crippen molar-refractivity contribution in [2.75, 3.05) is 6.61 Å². The Bertz CT molecular complexity index is 197. The molecular weight excluding hydrogens is 197 g/mol. The second-order valence-corrected chi connectivity index (χ2v) is 1.98. The molecule has 0 aromatic heterocycles. The van der Waals surface area contributed by atoms with Gasteiger partial charge in [-0.2, -0.15) is 13.2 Å². The fourth-order valence-corrected chi connectivity index (χ4v) is 0.426. The number of carbonyl (C=O) groups is 2. The molecule has 0 radical (unpaired) electrons. The summed E-state index contributed by atoms with van der Waals surface area (Å²) in [5.74, 6) is -3.95. The molecule has 0 fully saturated rings. The van der Waals surface area contributed by atoms with E-state index < -0.39 is 30.8 Å². The van der Waals surface area contributed by atoms with Crippen molar-refractivity contribution in [1.82, 2.24) is 0 Å². The Morgan fingerprint density at radius 2 is 1.62 bits per heavy atom. The van der Waals surface area contributed by atoms with Crippen molar-refractivity contribution in [2.45, 2.75) is 12.3 Å². The zero-order chi connectivity index (χ0) is 10.6. The molecule has 0 aliphatic carbocycles. The van der Waals surface area contributed by atoms with Gasteiger partial charge >= 0.3 is 18.1 Å². The van der Waals surface area contributed by atoms with E-state index in [9.17, 15) is 22.8 Å². The summed E-state index contributed by atoms with van der Waals surface area (Å²) in [4.78, 5) is 20.0. The lowest BCUT2D eigenvalue weighted by Crippen LogP contribution is -2.35. The maximum atomic E-state index is 11.4. The van der Waals surface area contributed by atoms with Gasteiger partial charge in [0.05, 0.1) is 0 Å². The van der Waals surface area contributed by atoms with Crippen LogP contribution in [0.3, 0.4) is 0 Å². The topological polar surface area (TPSA) is 83.8 Å². The number of hydrogen-bond acceptors (Lipinski definition) is 3. The predicted molar refractivity (Wildman–Crippen MR) is 31.1 cm³/mol. The van der Waals surface area contributed by atoms with Crippen molar-refractivity contribution in [3.8, 4) is 0 Å². The second kappa shape index (κ2) is 4.08.